The maximum Gasteiger partial charge on any atom is 0.259 e. The van der Waals surface area contributed by atoms with Crippen LogP contribution in [0.2, 0.25) is 5.15 Å². The maximum atomic E-state index is 13.3. The number of anilines is 2. The first-order chi connectivity index (χ1) is 17.3. The zero-order valence-corrected chi connectivity index (χ0v) is 21.5. The molecule has 5 rings (SSSR count). The Hall–Kier alpha value is -3.60. The molecule has 4 heterocycles. The minimum atomic E-state index is -0.360. The number of carbonyl (C=O) groups excluding carboxylic acids is 2. The Morgan fingerprint density at radius 2 is 1.97 bits per heavy atom. The Labute approximate surface area is 216 Å². The van der Waals surface area contributed by atoms with E-state index in [4.69, 9.17) is 16.3 Å². The first kappa shape index (κ1) is 24.1. The van der Waals surface area contributed by atoms with Crippen molar-refractivity contribution in [2.75, 3.05) is 44.0 Å². The summed E-state index contributed by atoms with van der Waals surface area (Å²) >= 11 is 7.48. The predicted octanol–water partition coefficient (Wildman–Crippen LogP) is 4.25. The van der Waals surface area contributed by atoms with Gasteiger partial charge in [0.15, 0.2) is 5.13 Å². The molecule has 36 heavy (non-hydrogen) atoms. The summed E-state index contributed by atoms with van der Waals surface area (Å²) < 4.78 is 6.32. The third-order valence-corrected chi connectivity index (χ3v) is 7.09. The van der Waals surface area contributed by atoms with Crippen LogP contribution in [0.1, 0.15) is 16.1 Å². The fourth-order valence-corrected chi connectivity index (χ4v) is 5.17. The number of amides is 2. The molecule has 0 spiro atoms. The normalized spacial score (nSPS) is 14.3. The van der Waals surface area contributed by atoms with Gasteiger partial charge in [0, 0.05) is 41.8 Å². The molecular weight excluding hydrogens is 500 g/mol. The molecule has 4 aromatic rings. The number of piperazine rings is 1. The molecule has 0 radical (unpaired) electrons. The van der Waals surface area contributed by atoms with Crippen LogP contribution in [0.4, 0.5) is 10.8 Å². The number of likely N-dealkylation sites (N-methyl/N-ethyl adjacent to an activating group) is 1. The lowest BCUT2D eigenvalue weighted by Gasteiger charge is -2.32. The summed E-state index contributed by atoms with van der Waals surface area (Å²) in [6, 6.07) is 9.16. The number of aryl methyl sites for hydroxylation is 1. The Balaban J connectivity index is 1.44. The van der Waals surface area contributed by atoms with Crippen molar-refractivity contribution < 1.29 is 14.3 Å². The van der Waals surface area contributed by atoms with E-state index in [9.17, 15) is 9.59 Å². The molecule has 1 aliphatic heterocycles. The highest BCUT2D eigenvalue weighted by atomic mass is 35.5. The topological polar surface area (TPSA) is 101 Å². The Morgan fingerprint density at radius 1 is 1.14 bits per heavy atom. The molecule has 9 nitrogen and oxygen atoms in total. The van der Waals surface area contributed by atoms with Gasteiger partial charge in [0.2, 0.25) is 5.91 Å². The fourth-order valence-electron chi connectivity index (χ4n) is 4.12. The van der Waals surface area contributed by atoms with Crippen molar-refractivity contribution in [1.82, 2.24) is 19.9 Å². The van der Waals surface area contributed by atoms with Gasteiger partial charge in [0.25, 0.3) is 5.91 Å². The van der Waals surface area contributed by atoms with E-state index < -0.39 is 0 Å². The molecule has 11 heteroatoms. The Morgan fingerprint density at radius 3 is 2.75 bits per heavy atom. The highest BCUT2D eigenvalue weighted by Crippen LogP contribution is 2.35. The summed E-state index contributed by atoms with van der Waals surface area (Å²) in [5.74, 6) is 0.193. The van der Waals surface area contributed by atoms with Gasteiger partial charge < -0.3 is 9.64 Å². The van der Waals surface area contributed by atoms with Gasteiger partial charge in [0.05, 0.1) is 35.6 Å². The van der Waals surface area contributed by atoms with Crippen molar-refractivity contribution in [1.29, 1.82) is 0 Å². The average molecular weight is 523 g/mol. The lowest BCUT2D eigenvalue weighted by atomic mass is 10.0. The summed E-state index contributed by atoms with van der Waals surface area (Å²) in [5.41, 5.74) is 3.92. The van der Waals surface area contributed by atoms with Gasteiger partial charge in [-0.2, -0.15) is 0 Å². The van der Waals surface area contributed by atoms with E-state index in [1.54, 1.807) is 17.0 Å². The molecule has 1 fully saturated rings. The maximum absolute atomic E-state index is 13.3. The standard InChI is InChI=1S/C25H23ClN6O3S/c1-14-8-16(17-10-22(26)28-12-20(17)35-3)18(11-27-14)24(34)30-25-29-19-5-4-15(9-21(19)36-25)32-7-6-31(2)13-23(32)33/h4-5,8-12H,6-7,13H2,1-3H3,(H,29,30,34). The number of halogens is 1. The Bertz CT molecular complexity index is 1490. The van der Waals surface area contributed by atoms with Crippen LogP contribution in [-0.4, -0.2) is 65.5 Å². The van der Waals surface area contributed by atoms with E-state index in [1.807, 2.05) is 37.1 Å². The number of hydrogen-bond donors (Lipinski definition) is 1. The summed E-state index contributed by atoms with van der Waals surface area (Å²) in [6.45, 7) is 3.68. The van der Waals surface area contributed by atoms with Crippen LogP contribution in [0.3, 0.4) is 0 Å². The molecule has 1 aliphatic rings. The van der Waals surface area contributed by atoms with Crippen LogP contribution in [0, 0.1) is 6.92 Å². The zero-order valence-electron chi connectivity index (χ0n) is 19.9. The number of fused-ring (bicyclic) bond motifs is 1. The molecule has 0 saturated carbocycles. The SMILES string of the molecule is COc1cnc(Cl)cc1-c1cc(C)ncc1C(=O)Nc1nc2ccc(N3CCN(C)CC3=O)cc2s1. The third-order valence-electron chi connectivity index (χ3n) is 5.95. The largest absolute Gasteiger partial charge is 0.494 e. The molecule has 0 aliphatic carbocycles. The predicted molar refractivity (Wildman–Crippen MR) is 141 cm³/mol. The summed E-state index contributed by atoms with van der Waals surface area (Å²) in [6.07, 6.45) is 3.05. The lowest BCUT2D eigenvalue weighted by molar-refractivity contribution is -0.120. The molecule has 0 bridgehead atoms. The summed E-state index contributed by atoms with van der Waals surface area (Å²) in [5, 5.41) is 3.63. The molecule has 1 N–H and O–H groups in total. The van der Waals surface area contributed by atoms with Crippen molar-refractivity contribution in [3.8, 4) is 16.9 Å². The van der Waals surface area contributed by atoms with Gasteiger partial charge in [0.1, 0.15) is 10.9 Å². The number of ether oxygens (including phenoxy) is 1. The average Bonchev–Trinajstić information content (AvgIpc) is 3.25. The quantitative estimate of drug-likeness (QED) is 0.391. The second-order valence-corrected chi connectivity index (χ2v) is 9.90. The molecule has 2 amide bonds. The van der Waals surface area contributed by atoms with Crippen LogP contribution in [0.15, 0.2) is 42.7 Å². The molecular formula is C25H23ClN6O3S. The second-order valence-electron chi connectivity index (χ2n) is 8.49. The highest BCUT2D eigenvalue weighted by molar-refractivity contribution is 7.22. The van der Waals surface area contributed by atoms with Gasteiger partial charge in [-0.25, -0.2) is 9.97 Å². The van der Waals surface area contributed by atoms with Gasteiger partial charge in [-0.1, -0.05) is 22.9 Å². The molecule has 3 aromatic heterocycles. The highest BCUT2D eigenvalue weighted by Gasteiger charge is 2.24. The first-order valence-corrected chi connectivity index (χ1v) is 12.4. The summed E-state index contributed by atoms with van der Waals surface area (Å²) in [4.78, 5) is 42.5. The number of methoxy groups -OCH3 is 1. The number of thiazole rings is 1. The number of nitrogens with zero attached hydrogens (tertiary/aromatic N) is 5. The van der Waals surface area contributed by atoms with Crippen molar-refractivity contribution in [2.45, 2.75) is 6.92 Å². The van der Waals surface area contributed by atoms with Crippen molar-refractivity contribution >= 4 is 55.8 Å². The number of nitrogens with one attached hydrogen (secondary N) is 1. The number of pyridine rings is 2. The van der Waals surface area contributed by atoms with Gasteiger partial charge in [-0.3, -0.25) is 24.8 Å². The molecule has 1 saturated heterocycles. The van der Waals surface area contributed by atoms with Crippen LogP contribution in [0.25, 0.3) is 21.3 Å². The molecule has 184 valence electrons. The number of aromatic nitrogens is 3. The monoisotopic (exact) mass is 522 g/mol. The fraction of sp³-hybridized carbons (Fsp3) is 0.240. The van der Waals surface area contributed by atoms with Crippen LogP contribution in [-0.2, 0) is 4.79 Å². The van der Waals surface area contributed by atoms with E-state index in [1.165, 1.54) is 30.8 Å². The molecule has 0 atom stereocenters. The Kier molecular flexibility index (Phi) is 6.57. The van der Waals surface area contributed by atoms with Gasteiger partial charge >= 0.3 is 0 Å². The molecule has 0 unspecified atom stereocenters. The lowest BCUT2D eigenvalue weighted by Crippen LogP contribution is -2.48. The van der Waals surface area contributed by atoms with E-state index in [2.05, 4.69) is 20.3 Å². The van der Waals surface area contributed by atoms with Crippen molar-refractivity contribution in [2.24, 2.45) is 0 Å². The van der Waals surface area contributed by atoms with Crippen LogP contribution >= 0.6 is 22.9 Å². The zero-order chi connectivity index (χ0) is 25.4. The van der Waals surface area contributed by atoms with Crippen molar-refractivity contribution in [3.63, 3.8) is 0 Å². The minimum absolute atomic E-state index is 0.0622. The number of benzene rings is 1. The van der Waals surface area contributed by atoms with Gasteiger partial charge in [-0.15, -0.1) is 0 Å². The summed E-state index contributed by atoms with van der Waals surface area (Å²) in [7, 11) is 3.47. The third kappa shape index (κ3) is 4.75. The number of hydrogen-bond acceptors (Lipinski definition) is 8. The smallest absolute Gasteiger partial charge is 0.259 e. The van der Waals surface area contributed by atoms with Crippen LogP contribution < -0.4 is 15.0 Å². The number of rotatable bonds is 5. The van der Waals surface area contributed by atoms with Crippen LogP contribution in [0.5, 0.6) is 5.75 Å². The van der Waals surface area contributed by atoms with E-state index in [0.717, 1.165) is 28.1 Å². The first-order valence-electron chi connectivity index (χ1n) is 11.2. The second kappa shape index (κ2) is 9.81. The van der Waals surface area contributed by atoms with E-state index >= 15 is 0 Å². The van der Waals surface area contributed by atoms with Crippen molar-refractivity contribution in [3.05, 3.63) is 59.1 Å². The number of carbonyl (C=O) groups is 2. The van der Waals surface area contributed by atoms with E-state index in [-0.39, 0.29) is 17.0 Å². The van der Waals surface area contributed by atoms with Gasteiger partial charge in [-0.05, 0) is 44.3 Å². The molecule has 1 aromatic carbocycles. The minimum Gasteiger partial charge on any atom is -0.494 e. The van der Waals surface area contributed by atoms with E-state index in [0.29, 0.717) is 40.7 Å².